The summed E-state index contributed by atoms with van der Waals surface area (Å²) in [7, 11) is 2.03. The van der Waals surface area contributed by atoms with Crippen LogP contribution < -0.4 is 0 Å². The first kappa shape index (κ1) is 9.68. The van der Waals surface area contributed by atoms with Gasteiger partial charge in [0.15, 0.2) is 0 Å². The maximum atomic E-state index is 10.9. The molecule has 0 aliphatic carbocycles. The van der Waals surface area contributed by atoms with Crippen LogP contribution in [0.15, 0.2) is 0 Å². The van der Waals surface area contributed by atoms with Crippen LogP contribution in [0.25, 0.3) is 0 Å². The summed E-state index contributed by atoms with van der Waals surface area (Å²) in [5, 5.41) is 0. The van der Waals surface area contributed by atoms with Crippen LogP contribution in [0.4, 0.5) is 0 Å². The predicted molar refractivity (Wildman–Crippen MR) is 47.1 cm³/mol. The first-order valence-corrected chi connectivity index (χ1v) is 4.45. The van der Waals surface area contributed by atoms with Gasteiger partial charge in [-0.2, -0.15) is 0 Å². The van der Waals surface area contributed by atoms with E-state index in [0.29, 0.717) is 6.61 Å². The van der Waals surface area contributed by atoms with E-state index in [1.807, 2.05) is 7.05 Å². The Morgan fingerprint density at radius 3 is 2.83 bits per heavy atom. The number of hydrogen-bond acceptors (Lipinski definition) is 3. The molecule has 0 bridgehead atoms. The molecule has 0 aromatic rings. The molecular formula is C9H17NO2. The van der Waals surface area contributed by atoms with Crippen molar-refractivity contribution in [2.24, 2.45) is 5.41 Å². The Labute approximate surface area is 73.7 Å². The highest BCUT2D eigenvalue weighted by Gasteiger charge is 2.35. The Kier molecular flexibility index (Phi) is 3.23. The fourth-order valence-electron chi connectivity index (χ4n) is 1.53. The van der Waals surface area contributed by atoms with E-state index in [4.69, 9.17) is 4.74 Å². The third-order valence-electron chi connectivity index (χ3n) is 2.51. The van der Waals surface area contributed by atoms with Gasteiger partial charge in [-0.15, -0.1) is 0 Å². The minimum atomic E-state index is -0.217. The number of carbonyl (C=O) groups excluding carboxylic acids is 1. The summed E-state index contributed by atoms with van der Waals surface area (Å²) in [5.74, 6) is 0. The van der Waals surface area contributed by atoms with E-state index < -0.39 is 0 Å². The van der Waals surface area contributed by atoms with Crippen molar-refractivity contribution < 1.29 is 9.53 Å². The number of rotatable bonds is 4. The predicted octanol–water partition coefficient (Wildman–Crippen LogP) is 0.544. The summed E-state index contributed by atoms with van der Waals surface area (Å²) in [4.78, 5) is 13.0. The molecule has 70 valence electrons. The molecule has 0 saturated carbocycles. The third kappa shape index (κ3) is 2.05. The van der Waals surface area contributed by atoms with Crippen LogP contribution in [0.2, 0.25) is 0 Å². The summed E-state index contributed by atoms with van der Waals surface area (Å²) in [6.07, 6.45) is 1.94. The molecule has 0 spiro atoms. The first-order valence-electron chi connectivity index (χ1n) is 4.45. The molecule has 1 heterocycles. The van der Waals surface area contributed by atoms with Crippen LogP contribution in [-0.4, -0.2) is 44.5 Å². The molecule has 0 radical (unpaired) electrons. The number of nitrogens with zero attached hydrogens (tertiary/aromatic N) is 1. The Morgan fingerprint density at radius 1 is 1.67 bits per heavy atom. The van der Waals surface area contributed by atoms with E-state index in [2.05, 4.69) is 11.8 Å². The summed E-state index contributed by atoms with van der Waals surface area (Å²) in [6.45, 7) is 5.23. The maximum Gasteiger partial charge on any atom is 0.129 e. The normalized spacial score (nSPS) is 29.6. The van der Waals surface area contributed by atoms with Gasteiger partial charge in [-0.3, -0.25) is 0 Å². The minimum Gasteiger partial charge on any atom is -0.380 e. The second-order valence-electron chi connectivity index (χ2n) is 3.61. The monoisotopic (exact) mass is 171 g/mol. The van der Waals surface area contributed by atoms with Gasteiger partial charge in [0.2, 0.25) is 0 Å². The molecule has 3 nitrogen and oxygen atoms in total. The SMILES string of the molecule is CCN(C)CC1(C=O)CCOC1. The first-order chi connectivity index (χ1) is 5.72. The van der Waals surface area contributed by atoms with Gasteiger partial charge in [0.25, 0.3) is 0 Å². The fraction of sp³-hybridized carbons (Fsp3) is 0.889. The smallest absolute Gasteiger partial charge is 0.129 e. The standard InChI is InChI=1S/C9H17NO2/c1-3-10(2)6-9(7-11)4-5-12-8-9/h7H,3-6,8H2,1-2H3. The topological polar surface area (TPSA) is 29.5 Å². The van der Waals surface area contributed by atoms with E-state index in [1.165, 1.54) is 0 Å². The molecule has 0 amide bonds. The van der Waals surface area contributed by atoms with Crippen molar-refractivity contribution in [1.82, 2.24) is 4.90 Å². The van der Waals surface area contributed by atoms with E-state index in [0.717, 1.165) is 32.4 Å². The van der Waals surface area contributed by atoms with Crippen LogP contribution in [-0.2, 0) is 9.53 Å². The quantitative estimate of drug-likeness (QED) is 0.578. The zero-order valence-electron chi connectivity index (χ0n) is 7.88. The van der Waals surface area contributed by atoms with Gasteiger partial charge in [-0.1, -0.05) is 6.92 Å². The summed E-state index contributed by atoms with van der Waals surface area (Å²) in [5.41, 5.74) is -0.217. The molecule has 1 rings (SSSR count). The van der Waals surface area contributed by atoms with Crippen LogP contribution in [0, 0.1) is 5.41 Å². The molecule has 3 heteroatoms. The average molecular weight is 171 g/mol. The molecule has 0 aromatic heterocycles. The average Bonchev–Trinajstić information content (AvgIpc) is 2.54. The third-order valence-corrected chi connectivity index (χ3v) is 2.51. The highest BCUT2D eigenvalue weighted by atomic mass is 16.5. The molecule has 12 heavy (non-hydrogen) atoms. The van der Waals surface area contributed by atoms with Crippen LogP contribution >= 0.6 is 0 Å². The van der Waals surface area contributed by atoms with Gasteiger partial charge < -0.3 is 14.4 Å². The van der Waals surface area contributed by atoms with Crippen LogP contribution in [0.3, 0.4) is 0 Å². The molecule has 1 unspecified atom stereocenters. The lowest BCUT2D eigenvalue weighted by Crippen LogP contribution is -2.37. The lowest BCUT2D eigenvalue weighted by atomic mass is 9.89. The van der Waals surface area contributed by atoms with Crippen molar-refractivity contribution in [3.63, 3.8) is 0 Å². The maximum absolute atomic E-state index is 10.9. The van der Waals surface area contributed by atoms with E-state index in [-0.39, 0.29) is 5.41 Å². The summed E-state index contributed by atoms with van der Waals surface area (Å²) in [6, 6.07) is 0. The lowest BCUT2D eigenvalue weighted by Gasteiger charge is -2.25. The number of carbonyl (C=O) groups is 1. The molecule has 1 aliphatic rings. The molecule has 1 aliphatic heterocycles. The van der Waals surface area contributed by atoms with Crippen molar-refractivity contribution in [2.75, 3.05) is 33.4 Å². The van der Waals surface area contributed by atoms with Gasteiger partial charge in [0.05, 0.1) is 12.0 Å². The van der Waals surface area contributed by atoms with E-state index in [1.54, 1.807) is 0 Å². The molecule has 1 fully saturated rings. The Morgan fingerprint density at radius 2 is 2.42 bits per heavy atom. The fourth-order valence-corrected chi connectivity index (χ4v) is 1.53. The molecule has 0 aromatic carbocycles. The molecule has 1 saturated heterocycles. The van der Waals surface area contributed by atoms with Crippen LogP contribution in [0.5, 0.6) is 0 Å². The van der Waals surface area contributed by atoms with E-state index >= 15 is 0 Å². The summed E-state index contributed by atoms with van der Waals surface area (Å²) < 4.78 is 5.24. The molecule has 0 N–H and O–H groups in total. The second-order valence-corrected chi connectivity index (χ2v) is 3.61. The van der Waals surface area contributed by atoms with Gasteiger partial charge in [0.1, 0.15) is 6.29 Å². The molecule has 1 atom stereocenters. The second kappa shape index (κ2) is 4.01. The van der Waals surface area contributed by atoms with E-state index in [9.17, 15) is 4.79 Å². The highest BCUT2D eigenvalue weighted by molar-refractivity contribution is 5.60. The van der Waals surface area contributed by atoms with Gasteiger partial charge >= 0.3 is 0 Å². The van der Waals surface area contributed by atoms with Crippen molar-refractivity contribution in [3.8, 4) is 0 Å². The molecular weight excluding hydrogens is 154 g/mol. The largest absolute Gasteiger partial charge is 0.380 e. The Bertz CT molecular complexity index is 153. The number of hydrogen-bond donors (Lipinski definition) is 0. The van der Waals surface area contributed by atoms with Crippen molar-refractivity contribution in [3.05, 3.63) is 0 Å². The number of aldehydes is 1. The van der Waals surface area contributed by atoms with Gasteiger partial charge in [-0.25, -0.2) is 0 Å². The van der Waals surface area contributed by atoms with Gasteiger partial charge in [0, 0.05) is 13.2 Å². The highest BCUT2D eigenvalue weighted by Crippen LogP contribution is 2.26. The van der Waals surface area contributed by atoms with Crippen molar-refractivity contribution in [1.29, 1.82) is 0 Å². The Balaban J connectivity index is 2.49. The van der Waals surface area contributed by atoms with Crippen LogP contribution in [0.1, 0.15) is 13.3 Å². The minimum absolute atomic E-state index is 0.217. The Hall–Kier alpha value is -0.410. The number of ether oxygens (including phenoxy) is 1. The van der Waals surface area contributed by atoms with Crippen molar-refractivity contribution >= 4 is 6.29 Å². The summed E-state index contributed by atoms with van der Waals surface area (Å²) >= 11 is 0. The zero-order valence-corrected chi connectivity index (χ0v) is 7.88. The zero-order chi connectivity index (χ0) is 9.03. The van der Waals surface area contributed by atoms with Crippen molar-refractivity contribution in [2.45, 2.75) is 13.3 Å². The van der Waals surface area contributed by atoms with Gasteiger partial charge in [-0.05, 0) is 20.0 Å². The lowest BCUT2D eigenvalue weighted by molar-refractivity contribution is -0.117.